The van der Waals surface area contributed by atoms with Crippen molar-refractivity contribution in [3.8, 4) is 0 Å². The Hall–Kier alpha value is -2.93. The van der Waals surface area contributed by atoms with Crippen LogP contribution in [0.1, 0.15) is 21.5 Å². The SMILES string of the molecule is COC(=O)c1ccc(CNC(=O)COC(=O)Cc2c(F)cccc2Cl)cc1. The van der Waals surface area contributed by atoms with E-state index in [0.717, 1.165) is 5.56 Å². The van der Waals surface area contributed by atoms with Gasteiger partial charge in [-0.05, 0) is 29.8 Å². The van der Waals surface area contributed by atoms with Gasteiger partial charge in [-0.15, -0.1) is 0 Å². The molecule has 27 heavy (non-hydrogen) atoms. The van der Waals surface area contributed by atoms with Crippen LogP contribution in [0.3, 0.4) is 0 Å². The molecule has 142 valence electrons. The number of carbonyl (C=O) groups is 3. The lowest BCUT2D eigenvalue weighted by Crippen LogP contribution is -2.28. The molecular formula is C19H17ClFNO5. The highest BCUT2D eigenvalue weighted by Crippen LogP contribution is 2.19. The Labute approximate surface area is 160 Å². The molecule has 0 aliphatic carbocycles. The van der Waals surface area contributed by atoms with E-state index >= 15 is 0 Å². The zero-order valence-corrected chi connectivity index (χ0v) is 15.2. The van der Waals surface area contributed by atoms with Gasteiger partial charge in [-0.3, -0.25) is 9.59 Å². The maximum atomic E-state index is 13.6. The number of ether oxygens (including phenoxy) is 2. The number of amides is 1. The fourth-order valence-electron chi connectivity index (χ4n) is 2.17. The van der Waals surface area contributed by atoms with E-state index in [4.69, 9.17) is 16.3 Å². The van der Waals surface area contributed by atoms with Crippen molar-refractivity contribution in [1.29, 1.82) is 0 Å². The van der Waals surface area contributed by atoms with Gasteiger partial charge in [-0.2, -0.15) is 0 Å². The zero-order chi connectivity index (χ0) is 19.8. The van der Waals surface area contributed by atoms with Crippen molar-refractivity contribution in [3.63, 3.8) is 0 Å². The lowest BCUT2D eigenvalue weighted by atomic mass is 10.1. The standard InChI is InChI=1S/C19H17ClFNO5/c1-26-19(25)13-7-5-12(6-8-13)10-22-17(23)11-27-18(24)9-14-15(20)3-2-4-16(14)21/h2-8H,9-11H2,1H3,(H,22,23). The monoisotopic (exact) mass is 393 g/mol. The maximum Gasteiger partial charge on any atom is 0.337 e. The summed E-state index contributed by atoms with van der Waals surface area (Å²) < 4.78 is 23.0. The maximum absolute atomic E-state index is 13.6. The number of esters is 2. The molecule has 2 aromatic carbocycles. The number of benzene rings is 2. The smallest absolute Gasteiger partial charge is 0.337 e. The van der Waals surface area contributed by atoms with E-state index in [1.807, 2.05) is 0 Å². The van der Waals surface area contributed by atoms with E-state index in [-0.39, 0.29) is 23.6 Å². The summed E-state index contributed by atoms with van der Waals surface area (Å²) in [6.45, 7) is -0.303. The van der Waals surface area contributed by atoms with Gasteiger partial charge in [0.05, 0.1) is 19.1 Å². The third-order valence-electron chi connectivity index (χ3n) is 3.61. The molecule has 0 aliphatic heterocycles. The molecule has 0 atom stereocenters. The van der Waals surface area contributed by atoms with Gasteiger partial charge in [0.1, 0.15) is 5.82 Å². The highest BCUT2D eigenvalue weighted by Gasteiger charge is 2.14. The first-order valence-corrected chi connectivity index (χ1v) is 8.31. The molecule has 1 N–H and O–H groups in total. The van der Waals surface area contributed by atoms with E-state index in [0.29, 0.717) is 5.56 Å². The Bertz CT molecular complexity index is 818. The van der Waals surface area contributed by atoms with Crippen LogP contribution in [0.25, 0.3) is 0 Å². The lowest BCUT2D eigenvalue weighted by Gasteiger charge is -2.08. The second kappa shape index (κ2) is 9.68. The molecule has 0 unspecified atom stereocenters. The molecule has 6 nitrogen and oxygen atoms in total. The summed E-state index contributed by atoms with van der Waals surface area (Å²) in [7, 11) is 1.29. The molecule has 0 heterocycles. The average Bonchev–Trinajstić information content (AvgIpc) is 2.67. The van der Waals surface area contributed by atoms with Gasteiger partial charge < -0.3 is 14.8 Å². The van der Waals surface area contributed by atoms with Gasteiger partial charge in [0.2, 0.25) is 0 Å². The Morgan fingerprint density at radius 2 is 1.81 bits per heavy atom. The van der Waals surface area contributed by atoms with Crippen molar-refractivity contribution in [2.24, 2.45) is 0 Å². The summed E-state index contributed by atoms with van der Waals surface area (Å²) in [4.78, 5) is 34.9. The minimum atomic E-state index is -0.764. The van der Waals surface area contributed by atoms with Gasteiger partial charge in [0.15, 0.2) is 6.61 Å². The number of methoxy groups -OCH3 is 1. The molecule has 2 aromatic rings. The van der Waals surface area contributed by atoms with E-state index in [9.17, 15) is 18.8 Å². The molecule has 0 saturated heterocycles. The molecule has 2 rings (SSSR count). The van der Waals surface area contributed by atoms with Crippen LogP contribution >= 0.6 is 11.6 Å². The van der Waals surface area contributed by atoms with Gasteiger partial charge in [0.25, 0.3) is 5.91 Å². The summed E-state index contributed by atoms with van der Waals surface area (Å²) in [5.41, 5.74) is 1.17. The summed E-state index contributed by atoms with van der Waals surface area (Å²) in [6, 6.07) is 10.6. The molecule has 0 radical (unpaired) electrons. The van der Waals surface area contributed by atoms with Crippen LogP contribution in [0.2, 0.25) is 5.02 Å². The second-order valence-corrected chi connectivity index (χ2v) is 5.91. The first-order valence-electron chi connectivity index (χ1n) is 7.93. The first-order chi connectivity index (χ1) is 12.9. The normalized spacial score (nSPS) is 10.2. The van der Waals surface area contributed by atoms with Crippen molar-refractivity contribution in [2.45, 2.75) is 13.0 Å². The molecule has 0 bridgehead atoms. The fraction of sp³-hybridized carbons (Fsp3) is 0.211. The van der Waals surface area contributed by atoms with Crippen LogP contribution in [0.5, 0.6) is 0 Å². The number of carbonyl (C=O) groups excluding carboxylic acids is 3. The molecule has 1 amide bonds. The van der Waals surface area contributed by atoms with Crippen molar-refractivity contribution >= 4 is 29.4 Å². The Morgan fingerprint density at radius 3 is 2.44 bits per heavy atom. The predicted molar refractivity (Wildman–Crippen MR) is 95.7 cm³/mol. The molecule has 0 aliphatic rings. The van der Waals surface area contributed by atoms with Gasteiger partial charge in [-0.25, -0.2) is 9.18 Å². The van der Waals surface area contributed by atoms with Crippen LogP contribution in [-0.2, 0) is 32.0 Å². The van der Waals surface area contributed by atoms with Gasteiger partial charge in [0, 0.05) is 17.1 Å². The minimum Gasteiger partial charge on any atom is -0.465 e. The third kappa shape index (κ3) is 6.07. The number of hydrogen-bond donors (Lipinski definition) is 1. The van der Waals surface area contributed by atoms with Crippen LogP contribution in [0.15, 0.2) is 42.5 Å². The molecule has 0 spiro atoms. The van der Waals surface area contributed by atoms with Crippen LogP contribution in [0.4, 0.5) is 4.39 Å². The number of halogens is 2. The predicted octanol–water partition coefficient (Wildman–Crippen LogP) is 2.67. The van der Waals surface area contributed by atoms with E-state index in [1.165, 1.54) is 25.3 Å². The van der Waals surface area contributed by atoms with Crippen LogP contribution in [0, 0.1) is 5.82 Å². The Kier molecular flexibility index (Phi) is 7.31. The largest absolute Gasteiger partial charge is 0.465 e. The number of hydrogen-bond acceptors (Lipinski definition) is 5. The van der Waals surface area contributed by atoms with Crippen molar-refractivity contribution in [1.82, 2.24) is 5.32 Å². The second-order valence-electron chi connectivity index (χ2n) is 5.50. The van der Waals surface area contributed by atoms with E-state index in [1.54, 1.807) is 24.3 Å². The zero-order valence-electron chi connectivity index (χ0n) is 14.5. The highest BCUT2D eigenvalue weighted by atomic mass is 35.5. The average molecular weight is 394 g/mol. The van der Waals surface area contributed by atoms with Crippen molar-refractivity contribution < 1.29 is 28.2 Å². The van der Waals surface area contributed by atoms with Crippen LogP contribution < -0.4 is 5.32 Å². The third-order valence-corrected chi connectivity index (χ3v) is 3.97. The topological polar surface area (TPSA) is 81.7 Å². The number of rotatable bonds is 7. The van der Waals surface area contributed by atoms with Crippen LogP contribution in [-0.4, -0.2) is 31.6 Å². The fourth-order valence-corrected chi connectivity index (χ4v) is 2.40. The molecule has 8 heteroatoms. The molecule has 0 aromatic heterocycles. The quantitative estimate of drug-likeness (QED) is 0.731. The summed E-state index contributed by atoms with van der Waals surface area (Å²) in [5, 5.41) is 2.69. The highest BCUT2D eigenvalue weighted by molar-refractivity contribution is 6.31. The summed E-state index contributed by atoms with van der Waals surface area (Å²) in [6.07, 6.45) is -0.367. The van der Waals surface area contributed by atoms with Gasteiger partial charge >= 0.3 is 11.9 Å². The first kappa shape index (κ1) is 20.4. The van der Waals surface area contributed by atoms with Crippen molar-refractivity contribution in [2.75, 3.05) is 13.7 Å². The lowest BCUT2D eigenvalue weighted by molar-refractivity contribution is -0.147. The van der Waals surface area contributed by atoms with Gasteiger partial charge in [-0.1, -0.05) is 29.8 Å². The minimum absolute atomic E-state index is 0.0234. The van der Waals surface area contributed by atoms with E-state index in [2.05, 4.69) is 10.1 Å². The van der Waals surface area contributed by atoms with E-state index < -0.39 is 30.3 Å². The molecular weight excluding hydrogens is 377 g/mol. The molecule has 0 saturated carbocycles. The summed E-state index contributed by atoms with van der Waals surface area (Å²) >= 11 is 5.84. The number of nitrogens with one attached hydrogen (secondary N) is 1. The van der Waals surface area contributed by atoms with Crippen molar-refractivity contribution in [3.05, 3.63) is 70.0 Å². The Morgan fingerprint density at radius 1 is 1.11 bits per heavy atom. The Balaban J connectivity index is 1.77. The summed E-state index contributed by atoms with van der Waals surface area (Å²) in [5.74, 6) is -2.34. The molecule has 0 fully saturated rings.